The van der Waals surface area contributed by atoms with Crippen LogP contribution in [0.3, 0.4) is 0 Å². The van der Waals surface area contributed by atoms with Crippen LogP contribution in [-0.2, 0) is 0 Å². The standard InChI is InChI=1S/C45H52/c1-7-9-11-15-36(16-12-10-8-2)43-29-44(39-19-13-17-37(27-39)41-23-32(3)21-33(4)24-41)31-45(30-43)40-20-14-18-38(28-40)42-25-34(5)22-35(6)26-42/h13-14,17-31,36H,7-12,15-16H2,1-6H3. The fraction of sp³-hybridized carbons (Fsp3) is 0.333. The van der Waals surface area contributed by atoms with Crippen molar-refractivity contribution in [1.82, 2.24) is 0 Å². The summed E-state index contributed by atoms with van der Waals surface area (Å²) in [5.41, 5.74) is 17.1. The molecule has 5 aromatic rings. The highest BCUT2D eigenvalue weighted by Crippen LogP contribution is 2.38. The van der Waals surface area contributed by atoms with Crippen molar-refractivity contribution >= 4 is 0 Å². The molecule has 0 bridgehead atoms. The third-order valence-electron chi connectivity index (χ3n) is 9.24. The zero-order valence-electron chi connectivity index (χ0n) is 28.5. The van der Waals surface area contributed by atoms with Crippen molar-refractivity contribution in [2.75, 3.05) is 0 Å². The first-order valence-corrected chi connectivity index (χ1v) is 17.4. The Morgan fingerprint density at radius 2 is 0.711 bits per heavy atom. The van der Waals surface area contributed by atoms with Crippen LogP contribution in [0.15, 0.2) is 103 Å². The van der Waals surface area contributed by atoms with Crippen molar-refractivity contribution in [3.05, 3.63) is 131 Å². The molecule has 45 heavy (non-hydrogen) atoms. The second kappa shape index (κ2) is 15.4. The molecule has 232 valence electrons. The molecule has 0 saturated carbocycles. The molecule has 0 saturated heterocycles. The lowest BCUT2D eigenvalue weighted by Crippen LogP contribution is -2.01. The maximum absolute atomic E-state index is 2.51. The third-order valence-corrected chi connectivity index (χ3v) is 9.24. The largest absolute Gasteiger partial charge is 0.0654 e. The van der Waals surface area contributed by atoms with Gasteiger partial charge in [-0.05, 0) is 115 Å². The minimum Gasteiger partial charge on any atom is -0.0654 e. The lowest BCUT2D eigenvalue weighted by atomic mass is 9.84. The molecule has 0 aliphatic carbocycles. The van der Waals surface area contributed by atoms with Crippen molar-refractivity contribution in [2.45, 2.75) is 98.8 Å². The van der Waals surface area contributed by atoms with Gasteiger partial charge in [-0.1, -0.05) is 160 Å². The van der Waals surface area contributed by atoms with Gasteiger partial charge in [-0.2, -0.15) is 0 Å². The highest BCUT2D eigenvalue weighted by atomic mass is 14.2. The molecular weight excluding hydrogens is 540 g/mol. The van der Waals surface area contributed by atoms with E-state index in [-0.39, 0.29) is 0 Å². The van der Waals surface area contributed by atoms with Gasteiger partial charge >= 0.3 is 0 Å². The molecule has 0 aliphatic rings. The van der Waals surface area contributed by atoms with Gasteiger partial charge in [-0.3, -0.25) is 0 Å². The summed E-state index contributed by atoms with van der Waals surface area (Å²) in [6.45, 7) is 13.4. The van der Waals surface area contributed by atoms with Crippen molar-refractivity contribution in [1.29, 1.82) is 0 Å². The summed E-state index contributed by atoms with van der Waals surface area (Å²) < 4.78 is 0. The predicted molar refractivity (Wildman–Crippen MR) is 198 cm³/mol. The second-order valence-electron chi connectivity index (χ2n) is 13.4. The van der Waals surface area contributed by atoms with E-state index in [1.165, 1.54) is 124 Å². The minimum atomic E-state index is 0.590. The van der Waals surface area contributed by atoms with E-state index in [9.17, 15) is 0 Å². The molecule has 0 nitrogen and oxygen atoms in total. The lowest BCUT2D eigenvalue weighted by Gasteiger charge is -2.21. The Labute approximate surface area is 273 Å². The smallest absolute Gasteiger partial charge is 0.0162 e. The van der Waals surface area contributed by atoms with E-state index in [4.69, 9.17) is 0 Å². The Balaban J connectivity index is 1.62. The first-order chi connectivity index (χ1) is 21.8. The molecule has 0 N–H and O–H groups in total. The molecule has 0 atom stereocenters. The Hall–Kier alpha value is -3.90. The van der Waals surface area contributed by atoms with E-state index in [2.05, 4.69) is 145 Å². The van der Waals surface area contributed by atoms with Gasteiger partial charge in [0.1, 0.15) is 0 Å². The van der Waals surface area contributed by atoms with E-state index >= 15 is 0 Å². The lowest BCUT2D eigenvalue weighted by molar-refractivity contribution is 0.507. The fourth-order valence-corrected chi connectivity index (χ4v) is 7.02. The van der Waals surface area contributed by atoms with Gasteiger partial charge in [-0.15, -0.1) is 0 Å². The van der Waals surface area contributed by atoms with Crippen LogP contribution in [0.2, 0.25) is 0 Å². The first-order valence-electron chi connectivity index (χ1n) is 17.4. The van der Waals surface area contributed by atoms with Crippen LogP contribution in [0.25, 0.3) is 44.5 Å². The molecule has 0 radical (unpaired) electrons. The van der Waals surface area contributed by atoms with E-state index in [1.807, 2.05) is 0 Å². The summed E-state index contributed by atoms with van der Waals surface area (Å²) in [5.74, 6) is 0.590. The predicted octanol–water partition coefficient (Wildman–Crippen LogP) is 13.8. The molecule has 0 heterocycles. The molecule has 0 unspecified atom stereocenters. The van der Waals surface area contributed by atoms with Gasteiger partial charge in [0.25, 0.3) is 0 Å². The average Bonchev–Trinajstić information content (AvgIpc) is 3.03. The first kappa shape index (κ1) is 32.5. The molecule has 5 rings (SSSR count). The molecule has 0 aromatic heterocycles. The summed E-state index contributed by atoms with van der Waals surface area (Å²) in [6.07, 6.45) is 10.3. The minimum absolute atomic E-state index is 0.590. The van der Waals surface area contributed by atoms with Crippen LogP contribution >= 0.6 is 0 Å². The summed E-state index contributed by atoms with van der Waals surface area (Å²) in [4.78, 5) is 0. The van der Waals surface area contributed by atoms with Crippen LogP contribution in [0.5, 0.6) is 0 Å². The van der Waals surface area contributed by atoms with E-state index in [1.54, 1.807) is 0 Å². The van der Waals surface area contributed by atoms with Crippen LogP contribution in [0.1, 0.15) is 98.9 Å². The fourth-order valence-electron chi connectivity index (χ4n) is 7.02. The van der Waals surface area contributed by atoms with Crippen LogP contribution in [0.4, 0.5) is 0 Å². The zero-order chi connectivity index (χ0) is 31.8. The Morgan fingerprint density at radius 3 is 1.07 bits per heavy atom. The monoisotopic (exact) mass is 592 g/mol. The van der Waals surface area contributed by atoms with Crippen molar-refractivity contribution in [2.24, 2.45) is 0 Å². The van der Waals surface area contributed by atoms with Gasteiger partial charge < -0.3 is 0 Å². The molecule has 0 heteroatoms. The van der Waals surface area contributed by atoms with E-state index < -0.39 is 0 Å². The summed E-state index contributed by atoms with van der Waals surface area (Å²) >= 11 is 0. The summed E-state index contributed by atoms with van der Waals surface area (Å²) in [5, 5.41) is 0. The van der Waals surface area contributed by atoms with E-state index in [0.717, 1.165) is 0 Å². The van der Waals surface area contributed by atoms with Crippen LogP contribution < -0.4 is 0 Å². The second-order valence-corrected chi connectivity index (χ2v) is 13.4. The van der Waals surface area contributed by atoms with Gasteiger partial charge in [0.2, 0.25) is 0 Å². The van der Waals surface area contributed by atoms with Crippen molar-refractivity contribution in [3.8, 4) is 44.5 Å². The highest BCUT2D eigenvalue weighted by molar-refractivity contribution is 5.80. The Bertz CT molecular complexity index is 1560. The van der Waals surface area contributed by atoms with Gasteiger partial charge in [0, 0.05) is 0 Å². The topological polar surface area (TPSA) is 0 Å². The quantitative estimate of drug-likeness (QED) is 0.119. The third kappa shape index (κ3) is 8.64. The molecule has 0 fully saturated rings. The van der Waals surface area contributed by atoms with Gasteiger partial charge in [0.15, 0.2) is 0 Å². The maximum Gasteiger partial charge on any atom is -0.0162 e. The normalized spacial score (nSPS) is 11.4. The number of hydrogen-bond acceptors (Lipinski definition) is 0. The van der Waals surface area contributed by atoms with Crippen molar-refractivity contribution in [3.63, 3.8) is 0 Å². The van der Waals surface area contributed by atoms with Gasteiger partial charge in [-0.25, -0.2) is 0 Å². The SMILES string of the molecule is CCCCCC(CCCCC)c1cc(-c2cccc(-c3cc(C)cc(C)c3)c2)cc(-c2cccc(-c3cc(C)cc(C)c3)c2)c1. The van der Waals surface area contributed by atoms with Gasteiger partial charge in [0.05, 0.1) is 0 Å². The van der Waals surface area contributed by atoms with Crippen LogP contribution in [-0.4, -0.2) is 0 Å². The zero-order valence-corrected chi connectivity index (χ0v) is 28.5. The number of benzene rings is 5. The Kier molecular flexibility index (Phi) is 11.1. The number of unbranched alkanes of at least 4 members (excludes halogenated alkanes) is 4. The molecule has 0 aliphatic heterocycles. The summed E-state index contributed by atoms with van der Waals surface area (Å²) in [6, 6.07) is 39.6. The molecule has 5 aromatic carbocycles. The number of rotatable bonds is 13. The highest BCUT2D eigenvalue weighted by Gasteiger charge is 2.16. The average molecular weight is 593 g/mol. The van der Waals surface area contributed by atoms with E-state index in [0.29, 0.717) is 5.92 Å². The molecule has 0 spiro atoms. The van der Waals surface area contributed by atoms with Crippen LogP contribution in [0, 0.1) is 27.7 Å². The van der Waals surface area contributed by atoms with Crippen molar-refractivity contribution < 1.29 is 0 Å². The number of aryl methyl sites for hydroxylation is 4. The molecular formula is C45H52. The Morgan fingerprint density at radius 1 is 0.378 bits per heavy atom. The maximum atomic E-state index is 2.51. The summed E-state index contributed by atoms with van der Waals surface area (Å²) in [7, 11) is 0. The molecule has 0 amide bonds. The number of hydrogen-bond donors (Lipinski definition) is 0.